The average molecular weight is 439 g/mol. The van der Waals surface area contributed by atoms with Crippen molar-refractivity contribution in [1.82, 2.24) is 15.5 Å². The van der Waals surface area contributed by atoms with Crippen molar-refractivity contribution in [3.8, 4) is 5.75 Å². The molecular weight excluding hydrogens is 404 g/mol. The van der Waals surface area contributed by atoms with Gasteiger partial charge in [-0.05, 0) is 36.6 Å². The smallest absolute Gasteiger partial charge is 0.223 e. The molecule has 2 aromatic carbocycles. The Balaban J connectivity index is 1.47. The van der Waals surface area contributed by atoms with E-state index in [0.717, 1.165) is 37.4 Å². The minimum Gasteiger partial charge on any atom is -0.497 e. The second-order valence-electron chi connectivity index (χ2n) is 8.03. The van der Waals surface area contributed by atoms with Crippen molar-refractivity contribution < 1.29 is 14.6 Å². The van der Waals surface area contributed by atoms with E-state index in [0.29, 0.717) is 18.9 Å². The van der Waals surface area contributed by atoms with E-state index in [-0.39, 0.29) is 18.4 Å². The van der Waals surface area contributed by atoms with Crippen LogP contribution in [-0.4, -0.2) is 61.7 Å². The van der Waals surface area contributed by atoms with Crippen LogP contribution in [0.3, 0.4) is 0 Å². The summed E-state index contributed by atoms with van der Waals surface area (Å²) < 4.78 is 5.16. The number of nitrogens with zero attached hydrogens (tertiary/aromatic N) is 2. The Bertz CT molecular complexity index is 871. The number of ether oxygens (including phenoxy) is 1. The highest BCUT2D eigenvalue weighted by Crippen LogP contribution is 2.19. The molecule has 2 atom stereocenters. The number of benzene rings is 2. The lowest BCUT2D eigenvalue weighted by atomic mass is 10.1. The van der Waals surface area contributed by atoms with E-state index in [9.17, 15) is 9.90 Å². The first-order valence-electron chi connectivity index (χ1n) is 11.2. The average Bonchev–Trinajstić information content (AvgIpc) is 3.19. The molecule has 32 heavy (non-hydrogen) atoms. The third-order valence-electron chi connectivity index (χ3n) is 5.63. The van der Waals surface area contributed by atoms with Crippen LogP contribution < -0.4 is 15.4 Å². The number of hydrogen-bond donors (Lipinski definition) is 3. The van der Waals surface area contributed by atoms with Crippen LogP contribution in [0.15, 0.2) is 59.6 Å². The van der Waals surface area contributed by atoms with Crippen molar-refractivity contribution in [1.29, 1.82) is 0 Å². The second-order valence-corrected chi connectivity index (χ2v) is 8.03. The van der Waals surface area contributed by atoms with Crippen LogP contribution in [0.1, 0.15) is 30.6 Å². The summed E-state index contributed by atoms with van der Waals surface area (Å²) in [6.45, 7) is 5.14. The van der Waals surface area contributed by atoms with Gasteiger partial charge in [-0.1, -0.05) is 42.5 Å². The minimum absolute atomic E-state index is 0.213. The molecule has 2 aromatic rings. The van der Waals surface area contributed by atoms with E-state index in [1.807, 2.05) is 54.3 Å². The minimum atomic E-state index is -0.696. The van der Waals surface area contributed by atoms with Gasteiger partial charge in [-0.3, -0.25) is 9.79 Å². The fourth-order valence-corrected chi connectivity index (χ4v) is 3.81. The van der Waals surface area contributed by atoms with Crippen LogP contribution in [0.4, 0.5) is 0 Å². The van der Waals surface area contributed by atoms with Gasteiger partial charge in [0.2, 0.25) is 5.91 Å². The van der Waals surface area contributed by atoms with Gasteiger partial charge in [0.05, 0.1) is 19.8 Å². The zero-order valence-electron chi connectivity index (χ0n) is 19.0. The molecule has 0 radical (unpaired) electrons. The number of nitrogens with one attached hydrogen (secondary N) is 2. The van der Waals surface area contributed by atoms with Gasteiger partial charge in [0, 0.05) is 38.5 Å². The number of hydrogen-bond acceptors (Lipinski definition) is 4. The van der Waals surface area contributed by atoms with Gasteiger partial charge in [0.1, 0.15) is 5.75 Å². The van der Waals surface area contributed by atoms with Crippen molar-refractivity contribution in [2.75, 3.05) is 39.8 Å². The number of aliphatic imine (C=N–C) groups is 1. The van der Waals surface area contributed by atoms with Crippen LogP contribution >= 0.6 is 0 Å². The molecule has 1 aliphatic rings. The van der Waals surface area contributed by atoms with Crippen LogP contribution in [0.5, 0.6) is 5.75 Å². The number of carbonyl (C=O) groups is 1. The monoisotopic (exact) mass is 438 g/mol. The van der Waals surface area contributed by atoms with Crippen molar-refractivity contribution in [3.05, 3.63) is 65.7 Å². The standard InChI is InChI=1S/C25H34N4O3/c1-3-26-25(28-17-23(30)21-9-11-22(32-2)12-10-21)27-16-20-15-24(31)29(18-20)14-13-19-7-5-4-6-8-19/h4-12,20,23,30H,3,13-18H2,1-2H3,(H2,26,27,28). The summed E-state index contributed by atoms with van der Waals surface area (Å²) in [7, 11) is 1.62. The zero-order chi connectivity index (χ0) is 22.8. The maximum atomic E-state index is 12.4. The second kappa shape index (κ2) is 12.1. The fraction of sp³-hybridized carbons (Fsp3) is 0.440. The third-order valence-corrected chi connectivity index (χ3v) is 5.63. The highest BCUT2D eigenvalue weighted by atomic mass is 16.5. The van der Waals surface area contributed by atoms with Gasteiger partial charge < -0.3 is 25.4 Å². The van der Waals surface area contributed by atoms with E-state index in [1.54, 1.807) is 7.11 Å². The fourth-order valence-electron chi connectivity index (χ4n) is 3.81. The number of methoxy groups -OCH3 is 1. The van der Waals surface area contributed by atoms with Gasteiger partial charge in [-0.2, -0.15) is 0 Å². The Morgan fingerprint density at radius 3 is 2.62 bits per heavy atom. The summed E-state index contributed by atoms with van der Waals surface area (Å²) in [5.41, 5.74) is 2.04. The van der Waals surface area contributed by atoms with Gasteiger partial charge in [0.15, 0.2) is 5.96 Å². The molecular formula is C25H34N4O3. The number of rotatable bonds is 10. The Morgan fingerprint density at radius 2 is 1.94 bits per heavy atom. The Morgan fingerprint density at radius 1 is 1.19 bits per heavy atom. The normalized spacial score (nSPS) is 17.3. The molecule has 2 unspecified atom stereocenters. The topological polar surface area (TPSA) is 86.2 Å². The molecule has 1 heterocycles. The molecule has 1 fully saturated rings. The van der Waals surface area contributed by atoms with E-state index >= 15 is 0 Å². The lowest BCUT2D eigenvalue weighted by molar-refractivity contribution is -0.127. The van der Waals surface area contributed by atoms with E-state index in [2.05, 4.69) is 27.8 Å². The molecule has 7 nitrogen and oxygen atoms in total. The molecule has 0 aromatic heterocycles. The number of guanidine groups is 1. The number of amides is 1. The van der Waals surface area contributed by atoms with Gasteiger partial charge in [-0.15, -0.1) is 0 Å². The zero-order valence-corrected chi connectivity index (χ0v) is 19.0. The predicted molar refractivity (Wildman–Crippen MR) is 127 cm³/mol. The van der Waals surface area contributed by atoms with Crippen LogP contribution in [-0.2, 0) is 11.2 Å². The summed E-state index contributed by atoms with van der Waals surface area (Å²) >= 11 is 0. The van der Waals surface area contributed by atoms with Crippen molar-refractivity contribution in [2.45, 2.75) is 25.9 Å². The maximum absolute atomic E-state index is 12.4. The van der Waals surface area contributed by atoms with Gasteiger partial charge in [-0.25, -0.2) is 0 Å². The molecule has 0 spiro atoms. The lowest BCUT2D eigenvalue weighted by Crippen LogP contribution is -2.40. The van der Waals surface area contributed by atoms with E-state index < -0.39 is 6.10 Å². The highest BCUT2D eigenvalue weighted by molar-refractivity contribution is 5.81. The lowest BCUT2D eigenvalue weighted by Gasteiger charge is -2.18. The largest absolute Gasteiger partial charge is 0.497 e. The summed E-state index contributed by atoms with van der Waals surface area (Å²) in [5.74, 6) is 1.86. The van der Waals surface area contributed by atoms with E-state index in [1.165, 1.54) is 5.56 Å². The SMILES string of the molecule is CCNC(=NCC(O)c1ccc(OC)cc1)NCC1CC(=O)N(CCc2ccccc2)C1. The first-order chi connectivity index (χ1) is 15.6. The molecule has 3 rings (SSSR count). The third kappa shape index (κ3) is 6.99. The molecule has 1 aliphatic heterocycles. The van der Waals surface area contributed by atoms with Crippen LogP contribution in [0, 0.1) is 5.92 Å². The molecule has 172 valence electrons. The van der Waals surface area contributed by atoms with Crippen molar-refractivity contribution in [3.63, 3.8) is 0 Å². The van der Waals surface area contributed by atoms with Gasteiger partial charge >= 0.3 is 0 Å². The summed E-state index contributed by atoms with van der Waals surface area (Å²) in [4.78, 5) is 18.9. The molecule has 7 heteroatoms. The molecule has 3 N–H and O–H groups in total. The first-order valence-corrected chi connectivity index (χ1v) is 11.2. The molecule has 1 amide bonds. The Labute approximate surface area is 190 Å². The molecule has 1 saturated heterocycles. The summed E-state index contributed by atoms with van der Waals surface area (Å²) in [5, 5.41) is 17.0. The van der Waals surface area contributed by atoms with Crippen LogP contribution in [0.2, 0.25) is 0 Å². The number of likely N-dealkylation sites (tertiary alicyclic amines) is 1. The van der Waals surface area contributed by atoms with Crippen molar-refractivity contribution in [2.24, 2.45) is 10.9 Å². The quantitative estimate of drug-likeness (QED) is 0.392. The maximum Gasteiger partial charge on any atom is 0.223 e. The Kier molecular flexibility index (Phi) is 8.92. The van der Waals surface area contributed by atoms with Gasteiger partial charge in [0.25, 0.3) is 0 Å². The first kappa shape index (κ1) is 23.6. The predicted octanol–water partition coefficient (Wildman–Crippen LogP) is 2.37. The number of carbonyl (C=O) groups excluding carboxylic acids is 1. The molecule has 0 aliphatic carbocycles. The molecule has 0 saturated carbocycles. The van der Waals surface area contributed by atoms with E-state index in [4.69, 9.17) is 4.74 Å². The van der Waals surface area contributed by atoms with Crippen LogP contribution in [0.25, 0.3) is 0 Å². The summed E-state index contributed by atoms with van der Waals surface area (Å²) in [6, 6.07) is 17.6. The highest BCUT2D eigenvalue weighted by Gasteiger charge is 2.29. The van der Waals surface area contributed by atoms with Crippen molar-refractivity contribution >= 4 is 11.9 Å². The Hall–Kier alpha value is -3.06. The molecule has 0 bridgehead atoms. The summed E-state index contributed by atoms with van der Waals surface area (Å²) in [6.07, 6.45) is 0.730. The number of aliphatic hydroxyl groups excluding tert-OH is 1. The number of aliphatic hydroxyl groups is 1.